The molecule has 2 aromatic carbocycles. The SMILES string of the molecule is CC(C)(C)[C@H]1CN(C(=O)O)C[C@H](c2ccc(Cl)c(Cl)c2)[C@H](CNS(=O)(=O)c2ccccc2)O1. The standard InChI is InChI=1S/C23H28Cl2N2O5S/c1-23(2,3)21-14-27(22(28)29)13-17(15-9-10-18(24)19(25)11-15)20(32-21)12-26-33(30,31)16-7-5-4-6-8-16/h4-11,17,20-21,26H,12-14H2,1-3H3,(H,28,29)/t17-,20+,21-/m1/s1. The number of halogens is 2. The number of hydrogen-bond donors (Lipinski definition) is 2. The number of carbonyl (C=O) groups is 1. The summed E-state index contributed by atoms with van der Waals surface area (Å²) in [6.45, 7) is 6.13. The van der Waals surface area contributed by atoms with E-state index >= 15 is 0 Å². The first-order chi connectivity index (χ1) is 15.4. The zero-order valence-electron chi connectivity index (χ0n) is 18.7. The molecule has 0 aromatic heterocycles. The van der Waals surface area contributed by atoms with Crippen molar-refractivity contribution < 1.29 is 23.1 Å². The fraction of sp³-hybridized carbons (Fsp3) is 0.435. The van der Waals surface area contributed by atoms with Crippen molar-refractivity contribution in [1.82, 2.24) is 9.62 Å². The van der Waals surface area contributed by atoms with Crippen LogP contribution in [0.15, 0.2) is 53.4 Å². The molecular weight excluding hydrogens is 487 g/mol. The first-order valence-corrected chi connectivity index (χ1v) is 12.8. The molecule has 0 bridgehead atoms. The summed E-state index contributed by atoms with van der Waals surface area (Å²) in [6.07, 6.45) is -2.16. The van der Waals surface area contributed by atoms with Gasteiger partial charge in [0.2, 0.25) is 10.0 Å². The van der Waals surface area contributed by atoms with Crippen LogP contribution in [0, 0.1) is 5.41 Å². The minimum Gasteiger partial charge on any atom is -0.465 e. The van der Waals surface area contributed by atoms with E-state index in [9.17, 15) is 18.3 Å². The van der Waals surface area contributed by atoms with E-state index in [0.29, 0.717) is 15.6 Å². The Morgan fingerprint density at radius 1 is 1.12 bits per heavy atom. The lowest BCUT2D eigenvalue weighted by atomic mass is 9.88. The normalized spacial score (nSPS) is 22.1. The van der Waals surface area contributed by atoms with Gasteiger partial charge in [0.25, 0.3) is 0 Å². The molecular formula is C23H28Cl2N2O5S. The van der Waals surface area contributed by atoms with Crippen LogP contribution < -0.4 is 4.72 Å². The molecule has 1 saturated heterocycles. The number of nitrogens with zero attached hydrogens (tertiary/aromatic N) is 1. The molecule has 0 radical (unpaired) electrons. The summed E-state index contributed by atoms with van der Waals surface area (Å²) in [7, 11) is -3.78. The van der Waals surface area contributed by atoms with Crippen molar-refractivity contribution in [2.24, 2.45) is 5.41 Å². The fourth-order valence-electron chi connectivity index (χ4n) is 3.74. The topological polar surface area (TPSA) is 95.9 Å². The largest absolute Gasteiger partial charge is 0.465 e. The summed E-state index contributed by atoms with van der Waals surface area (Å²) >= 11 is 12.3. The van der Waals surface area contributed by atoms with Gasteiger partial charge in [0, 0.05) is 19.0 Å². The third-order valence-electron chi connectivity index (χ3n) is 5.73. The average molecular weight is 515 g/mol. The van der Waals surface area contributed by atoms with Crippen molar-refractivity contribution in [3.05, 3.63) is 64.1 Å². The van der Waals surface area contributed by atoms with E-state index in [2.05, 4.69) is 4.72 Å². The van der Waals surface area contributed by atoms with Gasteiger partial charge < -0.3 is 14.7 Å². The molecule has 2 N–H and O–H groups in total. The van der Waals surface area contributed by atoms with Gasteiger partial charge in [-0.15, -0.1) is 0 Å². The van der Waals surface area contributed by atoms with Crippen LogP contribution in [0.3, 0.4) is 0 Å². The Bertz CT molecular complexity index is 1090. The number of ether oxygens (including phenoxy) is 1. The summed E-state index contributed by atoms with van der Waals surface area (Å²) < 4.78 is 34.7. The molecule has 0 unspecified atom stereocenters. The maximum atomic E-state index is 12.8. The predicted octanol–water partition coefficient (Wildman–Crippen LogP) is 4.85. The Kier molecular flexibility index (Phi) is 7.96. The van der Waals surface area contributed by atoms with Crippen LogP contribution in [0.2, 0.25) is 10.0 Å². The molecule has 3 atom stereocenters. The molecule has 10 heteroatoms. The van der Waals surface area contributed by atoms with Gasteiger partial charge in [-0.3, -0.25) is 0 Å². The summed E-state index contributed by atoms with van der Waals surface area (Å²) in [5.41, 5.74) is 0.339. The monoisotopic (exact) mass is 514 g/mol. The highest BCUT2D eigenvalue weighted by molar-refractivity contribution is 7.89. The molecule has 1 heterocycles. The van der Waals surface area contributed by atoms with Gasteiger partial charge >= 0.3 is 6.09 Å². The molecule has 1 fully saturated rings. The quantitative estimate of drug-likeness (QED) is 0.594. The minimum atomic E-state index is -3.78. The van der Waals surface area contributed by atoms with Gasteiger partial charge in [0.05, 0.1) is 33.7 Å². The van der Waals surface area contributed by atoms with Gasteiger partial charge in [-0.05, 0) is 35.2 Å². The molecule has 1 aliphatic rings. The molecule has 1 aliphatic heterocycles. The van der Waals surface area contributed by atoms with Crippen LogP contribution in [0.5, 0.6) is 0 Å². The minimum absolute atomic E-state index is 0.0395. The van der Waals surface area contributed by atoms with Crippen LogP contribution in [-0.4, -0.2) is 56.4 Å². The lowest BCUT2D eigenvalue weighted by molar-refractivity contribution is -0.0631. The summed E-state index contributed by atoms with van der Waals surface area (Å²) in [5.74, 6) is -0.471. The van der Waals surface area contributed by atoms with E-state index in [1.807, 2.05) is 20.8 Å². The van der Waals surface area contributed by atoms with Gasteiger partial charge in [0.1, 0.15) is 0 Å². The third kappa shape index (κ3) is 6.39. The first-order valence-electron chi connectivity index (χ1n) is 10.5. The smallest absolute Gasteiger partial charge is 0.407 e. The van der Waals surface area contributed by atoms with Gasteiger partial charge in [-0.1, -0.05) is 68.2 Å². The molecule has 0 aliphatic carbocycles. The van der Waals surface area contributed by atoms with Crippen LogP contribution >= 0.6 is 23.2 Å². The van der Waals surface area contributed by atoms with Gasteiger partial charge in [-0.25, -0.2) is 17.9 Å². The molecule has 2 aromatic rings. The Labute approximate surface area is 204 Å². The van der Waals surface area contributed by atoms with E-state index in [-0.39, 0.29) is 29.9 Å². The number of nitrogens with one attached hydrogen (secondary N) is 1. The Balaban J connectivity index is 1.98. The third-order valence-corrected chi connectivity index (χ3v) is 7.91. The zero-order chi connectivity index (χ0) is 24.4. The summed E-state index contributed by atoms with van der Waals surface area (Å²) in [4.78, 5) is 13.5. The van der Waals surface area contributed by atoms with Gasteiger partial charge in [0.15, 0.2) is 0 Å². The number of benzene rings is 2. The van der Waals surface area contributed by atoms with E-state index in [1.54, 1.807) is 36.4 Å². The molecule has 180 valence electrons. The number of rotatable bonds is 5. The van der Waals surface area contributed by atoms with E-state index < -0.39 is 34.2 Å². The van der Waals surface area contributed by atoms with Gasteiger partial charge in [-0.2, -0.15) is 0 Å². The lowest BCUT2D eigenvalue weighted by Gasteiger charge is -2.34. The molecule has 1 amide bonds. The summed E-state index contributed by atoms with van der Waals surface area (Å²) in [6, 6.07) is 13.1. The lowest BCUT2D eigenvalue weighted by Crippen LogP contribution is -2.43. The van der Waals surface area contributed by atoms with Crippen molar-refractivity contribution >= 4 is 39.3 Å². The zero-order valence-corrected chi connectivity index (χ0v) is 21.0. The number of sulfonamides is 1. The van der Waals surface area contributed by atoms with E-state index in [0.717, 1.165) is 0 Å². The Hall–Kier alpha value is -1.84. The average Bonchev–Trinajstić information content (AvgIpc) is 2.95. The van der Waals surface area contributed by atoms with Crippen LogP contribution in [0.4, 0.5) is 4.79 Å². The highest BCUT2D eigenvalue weighted by atomic mass is 35.5. The van der Waals surface area contributed by atoms with Crippen molar-refractivity contribution in [2.75, 3.05) is 19.6 Å². The number of amides is 1. The Morgan fingerprint density at radius 3 is 2.36 bits per heavy atom. The van der Waals surface area contributed by atoms with Crippen LogP contribution in [0.25, 0.3) is 0 Å². The van der Waals surface area contributed by atoms with Crippen molar-refractivity contribution in [1.29, 1.82) is 0 Å². The predicted molar refractivity (Wildman–Crippen MR) is 129 cm³/mol. The highest BCUT2D eigenvalue weighted by Crippen LogP contribution is 2.35. The molecule has 33 heavy (non-hydrogen) atoms. The van der Waals surface area contributed by atoms with Crippen LogP contribution in [-0.2, 0) is 14.8 Å². The molecule has 7 nitrogen and oxygen atoms in total. The maximum Gasteiger partial charge on any atom is 0.407 e. The Morgan fingerprint density at radius 2 is 1.79 bits per heavy atom. The second-order valence-corrected chi connectivity index (χ2v) is 11.7. The number of carboxylic acid groups (broad SMARTS) is 1. The van der Waals surface area contributed by atoms with Crippen molar-refractivity contribution in [3.8, 4) is 0 Å². The second-order valence-electron chi connectivity index (χ2n) is 9.16. The summed E-state index contributed by atoms with van der Waals surface area (Å²) in [5, 5.41) is 10.5. The van der Waals surface area contributed by atoms with Crippen molar-refractivity contribution in [3.63, 3.8) is 0 Å². The molecule has 3 rings (SSSR count). The van der Waals surface area contributed by atoms with E-state index in [4.69, 9.17) is 27.9 Å². The van der Waals surface area contributed by atoms with Crippen LogP contribution in [0.1, 0.15) is 32.3 Å². The highest BCUT2D eigenvalue weighted by Gasteiger charge is 2.40. The maximum absolute atomic E-state index is 12.8. The fourth-order valence-corrected chi connectivity index (χ4v) is 5.11. The molecule has 0 spiro atoms. The van der Waals surface area contributed by atoms with Crippen molar-refractivity contribution in [2.45, 2.75) is 43.8 Å². The van der Waals surface area contributed by atoms with E-state index in [1.165, 1.54) is 17.0 Å². The number of hydrogen-bond acceptors (Lipinski definition) is 4. The molecule has 0 saturated carbocycles. The second kappa shape index (κ2) is 10.2. The first kappa shape index (κ1) is 25.8.